The zero-order valence-corrected chi connectivity index (χ0v) is 11.6. The fourth-order valence-corrected chi connectivity index (χ4v) is 3.99. The number of aryl methyl sites for hydroxylation is 1. The fourth-order valence-electron chi connectivity index (χ4n) is 2.80. The number of ether oxygens (including phenoxy) is 1. The summed E-state index contributed by atoms with van der Waals surface area (Å²) in [5.74, 6) is 0. The van der Waals surface area contributed by atoms with Gasteiger partial charge < -0.3 is 14.7 Å². The molecule has 100 valence electrons. The lowest BCUT2D eigenvalue weighted by Gasteiger charge is -2.30. The Bertz CT molecular complexity index is 413. The van der Waals surface area contributed by atoms with Gasteiger partial charge in [0.25, 0.3) is 0 Å². The van der Waals surface area contributed by atoms with Crippen molar-refractivity contribution in [3.05, 3.63) is 10.6 Å². The number of aliphatic hydroxyl groups excluding tert-OH is 1. The van der Waals surface area contributed by atoms with E-state index >= 15 is 0 Å². The summed E-state index contributed by atoms with van der Waals surface area (Å²) < 4.78 is 5.39. The number of fused-ring (bicyclic) bond motifs is 1. The van der Waals surface area contributed by atoms with Gasteiger partial charge in [-0.15, -0.1) is 0 Å². The largest absolute Gasteiger partial charge is 0.388 e. The molecule has 0 bridgehead atoms. The number of thiazole rings is 1. The Kier molecular flexibility index (Phi) is 3.54. The number of anilines is 1. The van der Waals surface area contributed by atoms with Gasteiger partial charge in [-0.2, -0.15) is 0 Å². The number of aliphatic hydroxyl groups is 1. The van der Waals surface area contributed by atoms with Gasteiger partial charge in [-0.05, 0) is 32.1 Å². The first-order valence-corrected chi connectivity index (χ1v) is 7.55. The molecule has 1 aromatic rings. The predicted octanol–water partition coefficient (Wildman–Crippen LogP) is 2.13. The predicted molar refractivity (Wildman–Crippen MR) is 72.3 cm³/mol. The molecule has 0 radical (unpaired) electrons. The molecule has 1 saturated heterocycles. The molecular weight excluding hydrogens is 248 g/mol. The highest BCUT2D eigenvalue weighted by atomic mass is 32.1. The van der Waals surface area contributed by atoms with E-state index in [1.807, 2.05) is 0 Å². The van der Waals surface area contributed by atoms with Crippen LogP contribution in [0.15, 0.2) is 0 Å². The molecule has 4 nitrogen and oxygen atoms in total. The summed E-state index contributed by atoms with van der Waals surface area (Å²) in [4.78, 5) is 8.16. The first kappa shape index (κ1) is 12.4. The first-order chi connectivity index (χ1) is 8.78. The number of methoxy groups -OCH3 is 1. The van der Waals surface area contributed by atoms with Crippen molar-refractivity contribution >= 4 is 16.5 Å². The normalized spacial score (nSPS) is 25.2. The van der Waals surface area contributed by atoms with Crippen LogP contribution in [0, 0.1) is 0 Å². The lowest BCUT2D eigenvalue weighted by atomic mass is 10.0. The van der Waals surface area contributed by atoms with E-state index in [9.17, 15) is 5.11 Å². The van der Waals surface area contributed by atoms with Crippen molar-refractivity contribution in [2.24, 2.45) is 0 Å². The van der Waals surface area contributed by atoms with E-state index < -0.39 is 0 Å². The van der Waals surface area contributed by atoms with E-state index in [4.69, 9.17) is 9.72 Å². The molecule has 1 aliphatic heterocycles. The van der Waals surface area contributed by atoms with E-state index in [2.05, 4.69) is 4.90 Å². The number of nitrogens with zero attached hydrogens (tertiary/aromatic N) is 2. The third-order valence-electron chi connectivity index (χ3n) is 3.96. The van der Waals surface area contributed by atoms with Gasteiger partial charge in [0.1, 0.15) is 0 Å². The minimum Gasteiger partial charge on any atom is -0.388 e. The van der Waals surface area contributed by atoms with E-state index in [1.165, 1.54) is 0 Å². The highest BCUT2D eigenvalue weighted by Crippen LogP contribution is 2.38. The highest BCUT2D eigenvalue weighted by Gasteiger charge is 2.26. The Morgan fingerprint density at radius 1 is 1.33 bits per heavy atom. The molecule has 1 N–H and O–H groups in total. The monoisotopic (exact) mass is 268 g/mol. The quantitative estimate of drug-likeness (QED) is 0.892. The lowest BCUT2D eigenvalue weighted by Crippen LogP contribution is -2.36. The van der Waals surface area contributed by atoms with Crippen LogP contribution in [0.25, 0.3) is 0 Å². The SMILES string of the molecule is COC1CCN(c2nc3c(s2)C(O)CCC3)CC1. The van der Waals surface area contributed by atoms with E-state index in [0.29, 0.717) is 6.10 Å². The van der Waals surface area contributed by atoms with Crippen molar-refractivity contribution in [1.82, 2.24) is 4.98 Å². The van der Waals surface area contributed by atoms with Crippen LogP contribution < -0.4 is 4.90 Å². The number of rotatable bonds is 2. The zero-order valence-electron chi connectivity index (χ0n) is 10.8. The summed E-state index contributed by atoms with van der Waals surface area (Å²) in [6, 6.07) is 0. The van der Waals surface area contributed by atoms with Crippen molar-refractivity contribution in [2.75, 3.05) is 25.1 Å². The Balaban J connectivity index is 1.74. The smallest absolute Gasteiger partial charge is 0.185 e. The number of hydrogen-bond donors (Lipinski definition) is 1. The van der Waals surface area contributed by atoms with Gasteiger partial charge in [0.15, 0.2) is 5.13 Å². The second kappa shape index (κ2) is 5.15. The molecule has 0 spiro atoms. The second-order valence-electron chi connectivity index (χ2n) is 5.14. The number of aromatic nitrogens is 1. The van der Waals surface area contributed by atoms with E-state index in [1.54, 1.807) is 18.4 Å². The fraction of sp³-hybridized carbons (Fsp3) is 0.769. The van der Waals surface area contributed by atoms with Crippen molar-refractivity contribution in [2.45, 2.75) is 44.3 Å². The lowest BCUT2D eigenvalue weighted by molar-refractivity contribution is 0.0819. The summed E-state index contributed by atoms with van der Waals surface area (Å²) >= 11 is 1.68. The van der Waals surface area contributed by atoms with Crippen LogP contribution in [0.3, 0.4) is 0 Å². The summed E-state index contributed by atoms with van der Waals surface area (Å²) in [6.45, 7) is 2.03. The minimum absolute atomic E-state index is 0.281. The molecule has 1 unspecified atom stereocenters. The van der Waals surface area contributed by atoms with Gasteiger partial charge in [-0.1, -0.05) is 11.3 Å². The third-order valence-corrected chi connectivity index (χ3v) is 5.22. The Morgan fingerprint density at radius 3 is 2.78 bits per heavy atom. The molecule has 2 heterocycles. The van der Waals surface area contributed by atoms with Gasteiger partial charge in [0.2, 0.25) is 0 Å². The van der Waals surface area contributed by atoms with Crippen LogP contribution in [0.5, 0.6) is 0 Å². The molecule has 0 aromatic carbocycles. The van der Waals surface area contributed by atoms with Crippen LogP contribution in [0.2, 0.25) is 0 Å². The summed E-state index contributed by atoms with van der Waals surface area (Å²) in [7, 11) is 1.79. The van der Waals surface area contributed by atoms with E-state index in [-0.39, 0.29) is 6.10 Å². The van der Waals surface area contributed by atoms with Gasteiger partial charge in [-0.3, -0.25) is 0 Å². The van der Waals surface area contributed by atoms with Crippen molar-refractivity contribution in [3.63, 3.8) is 0 Å². The van der Waals surface area contributed by atoms with Crippen LogP contribution in [0.1, 0.15) is 42.4 Å². The summed E-state index contributed by atoms with van der Waals surface area (Å²) in [5.41, 5.74) is 1.13. The van der Waals surface area contributed by atoms with Gasteiger partial charge in [0.05, 0.1) is 22.8 Å². The Hall–Kier alpha value is -0.650. The molecule has 18 heavy (non-hydrogen) atoms. The molecule has 0 amide bonds. The Labute approximate surface area is 112 Å². The average Bonchev–Trinajstić information content (AvgIpc) is 2.84. The van der Waals surface area contributed by atoms with E-state index in [0.717, 1.165) is 60.9 Å². The molecule has 1 fully saturated rings. The number of hydrogen-bond acceptors (Lipinski definition) is 5. The molecule has 1 aliphatic carbocycles. The van der Waals surface area contributed by atoms with Crippen molar-refractivity contribution in [1.29, 1.82) is 0 Å². The summed E-state index contributed by atoms with van der Waals surface area (Å²) in [6.07, 6.45) is 5.24. The van der Waals surface area contributed by atoms with Gasteiger partial charge >= 0.3 is 0 Å². The topological polar surface area (TPSA) is 45.6 Å². The minimum atomic E-state index is -0.281. The first-order valence-electron chi connectivity index (χ1n) is 6.73. The highest BCUT2D eigenvalue weighted by molar-refractivity contribution is 7.15. The zero-order chi connectivity index (χ0) is 12.5. The molecule has 2 aliphatic rings. The second-order valence-corrected chi connectivity index (χ2v) is 6.15. The maximum Gasteiger partial charge on any atom is 0.185 e. The molecule has 1 aromatic heterocycles. The Morgan fingerprint density at radius 2 is 2.11 bits per heavy atom. The molecule has 3 rings (SSSR count). The number of piperidine rings is 1. The molecule has 0 saturated carbocycles. The van der Waals surface area contributed by atoms with Crippen LogP contribution >= 0.6 is 11.3 Å². The van der Waals surface area contributed by atoms with Crippen molar-refractivity contribution in [3.8, 4) is 0 Å². The molecule has 1 atom stereocenters. The maximum atomic E-state index is 9.99. The molecular formula is C13H20N2O2S. The van der Waals surface area contributed by atoms with Crippen LogP contribution in [0.4, 0.5) is 5.13 Å². The molecule has 5 heteroatoms. The van der Waals surface area contributed by atoms with Crippen molar-refractivity contribution < 1.29 is 9.84 Å². The average molecular weight is 268 g/mol. The van der Waals surface area contributed by atoms with Crippen LogP contribution in [-0.4, -0.2) is 36.4 Å². The van der Waals surface area contributed by atoms with Crippen LogP contribution in [-0.2, 0) is 11.2 Å². The third kappa shape index (κ3) is 2.27. The summed E-state index contributed by atoms with van der Waals surface area (Å²) in [5, 5.41) is 11.1. The van der Waals surface area contributed by atoms with Gasteiger partial charge in [0, 0.05) is 20.2 Å². The standard InChI is InChI=1S/C13H20N2O2S/c1-17-9-5-7-15(8-6-9)13-14-10-3-2-4-11(16)12(10)18-13/h9,11,16H,2-8H2,1H3. The maximum absolute atomic E-state index is 9.99. The van der Waals surface area contributed by atoms with Gasteiger partial charge in [-0.25, -0.2) is 4.98 Å².